The monoisotopic (exact) mass is 347 g/mol. The smallest absolute Gasteiger partial charge is 0.0149 e. The van der Waals surface area contributed by atoms with Crippen LogP contribution in [-0.4, -0.2) is 16.5 Å². The summed E-state index contributed by atoms with van der Waals surface area (Å²) in [5, 5.41) is 5.02. The second-order valence-corrected chi connectivity index (χ2v) is 14.4. The van der Waals surface area contributed by atoms with E-state index in [0.29, 0.717) is 4.22 Å². The normalized spacial score (nSPS) is 14.2. The van der Waals surface area contributed by atoms with Crippen LogP contribution in [0, 0.1) is 0 Å². The molecule has 0 bridgehead atoms. The summed E-state index contributed by atoms with van der Waals surface area (Å²) >= 11 is -2.24. The van der Waals surface area contributed by atoms with Gasteiger partial charge < -0.3 is 0 Å². The average Bonchev–Trinajstić information content (AvgIpc) is 2.71. The fourth-order valence-electron chi connectivity index (χ4n) is 3.97. The second-order valence-electron chi connectivity index (χ2n) is 7.70. The van der Waals surface area contributed by atoms with Crippen LogP contribution in [-0.2, 0) is 16.8 Å². The van der Waals surface area contributed by atoms with Crippen molar-refractivity contribution in [3.8, 4) is 11.1 Å². The fraction of sp³-hybridized carbons (Fsp3) is 0.368. The Morgan fingerprint density at radius 1 is 0.818 bits per heavy atom. The fourth-order valence-corrected chi connectivity index (χ4v) is 10.4. The molecule has 1 aliphatic rings. The molecule has 0 aromatic heterocycles. The predicted molar refractivity (Wildman–Crippen MR) is 99.7 cm³/mol. The summed E-state index contributed by atoms with van der Waals surface area (Å²) in [4.78, 5) is 0. The maximum atomic E-state index is 4.01. The molecule has 0 atom stereocenters. The largest absolute Gasteiger partial charge is 0.0149 e. The maximum Gasteiger partial charge on any atom is -0.0149 e. The third-order valence-corrected chi connectivity index (χ3v) is 9.66. The molecule has 118 valence electrons. The molecule has 0 amide bonds. The van der Waals surface area contributed by atoms with Gasteiger partial charge in [-0.05, 0) is 11.0 Å². The molecule has 0 saturated carbocycles. The van der Waals surface area contributed by atoms with Gasteiger partial charge in [0.05, 0.1) is 0 Å². The summed E-state index contributed by atoms with van der Waals surface area (Å²) in [6.07, 6.45) is 0. The molecule has 0 saturated heterocycles. The van der Waals surface area contributed by atoms with Crippen molar-refractivity contribution in [2.24, 2.45) is 0 Å². The average molecular weight is 347 g/mol. The van der Waals surface area contributed by atoms with Gasteiger partial charge in [-0.15, -0.1) is 0 Å². The molecule has 22 heavy (non-hydrogen) atoms. The molecule has 0 unspecified atom stereocenters. The molecule has 1 N–H and O–H groups in total. The first-order valence-electron chi connectivity index (χ1n) is 7.77. The van der Waals surface area contributed by atoms with Crippen LogP contribution in [0.15, 0.2) is 48.5 Å². The van der Waals surface area contributed by atoms with E-state index in [-0.39, 0.29) is 16.5 Å². The van der Waals surface area contributed by atoms with Gasteiger partial charge in [0, 0.05) is 0 Å². The second kappa shape index (κ2) is 6.09. The van der Waals surface area contributed by atoms with Gasteiger partial charge in [0.15, 0.2) is 0 Å². The first-order chi connectivity index (χ1) is 9.80. The first kappa shape index (κ1) is 17.7. The van der Waals surface area contributed by atoms with Crippen molar-refractivity contribution in [3.63, 3.8) is 0 Å². The number of nitrogens with one attached hydrogen (secondary N) is 1. The van der Waals surface area contributed by atoms with Crippen molar-refractivity contribution in [3.05, 3.63) is 59.7 Å². The molecule has 0 heterocycles. The van der Waals surface area contributed by atoms with E-state index in [2.05, 4.69) is 83.6 Å². The van der Waals surface area contributed by atoms with Crippen molar-refractivity contribution in [2.75, 3.05) is 0 Å². The number of hydrogen-bond acceptors (Lipinski definition) is 1. The Kier molecular flexibility index (Phi) is 4.89. The van der Waals surface area contributed by atoms with Crippen LogP contribution in [0.1, 0.15) is 36.1 Å². The molecular weight excluding hydrogens is 318 g/mol. The van der Waals surface area contributed by atoms with E-state index in [1.54, 1.807) is 0 Å². The van der Waals surface area contributed by atoms with E-state index in [1.807, 2.05) is 0 Å². The van der Waals surface area contributed by atoms with Crippen molar-refractivity contribution in [1.82, 2.24) is 3.80 Å². The third kappa shape index (κ3) is 3.16. The first-order valence-corrected chi connectivity index (χ1v) is 12.6. The zero-order valence-electron chi connectivity index (χ0n) is 13.7. The van der Waals surface area contributed by atoms with E-state index in [0.717, 1.165) is 0 Å². The number of hydrogen-bond donors (Lipinski definition) is 1. The van der Waals surface area contributed by atoms with Crippen LogP contribution in [0.2, 0.25) is 10.5 Å². The quantitative estimate of drug-likeness (QED) is 0.814. The van der Waals surface area contributed by atoms with Crippen LogP contribution in [0.5, 0.6) is 0 Å². The molecular formula is C19H29NSiTi. The number of rotatable bonds is 2. The molecule has 2 aromatic carbocycles. The number of benzene rings is 2. The predicted octanol–water partition coefficient (Wildman–Crippen LogP) is 3.86. The van der Waals surface area contributed by atoms with Crippen LogP contribution >= 0.6 is 0 Å². The summed E-state index contributed by atoms with van der Waals surface area (Å²) in [7, 11) is 0. The molecule has 1 aliphatic carbocycles. The molecule has 0 fully saturated rings. The van der Waals surface area contributed by atoms with Gasteiger partial charge in [0.25, 0.3) is 0 Å². The minimum Gasteiger partial charge on any atom is -0.0149 e. The topological polar surface area (TPSA) is 12.0 Å². The van der Waals surface area contributed by atoms with Crippen molar-refractivity contribution >= 4 is 11.0 Å². The molecule has 2 aromatic rings. The summed E-state index contributed by atoms with van der Waals surface area (Å²) in [6, 6.07) is 17.9. The SMILES string of the molecule is CC(C)(C)[NH][Ti]([CH3])([CH3])[CH]1c2ccccc2-c2ccccc21.[SiH4]. The summed E-state index contributed by atoms with van der Waals surface area (Å²) in [5.41, 5.74) is 6.11. The van der Waals surface area contributed by atoms with Gasteiger partial charge in [-0.3, -0.25) is 0 Å². The van der Waals surface area contributed by atoms with E-state index >= 15 is 0 Å². The molecule has 3 heteroatoms. The zero-order valence-corrected chi connectivity index (χ0v) is 15.3. The van der Waals surface area contributed by atoms with Gasteiger partial charge in [-0.1, -0.05) is 0 Å². The van der Waals surface area contributed by atoms with Crippen LogP contribution in [0.4, 0.5) is 0 Å². The Hall–Kier alpha value is -0.669. The molecule has 0 aliphatic heterocycles. The van der Waals surface area contributed by atoms with Gasteiger partial charge in [0.2, 0.25) is 0 Å². The van der Waals surface area contributed by atoms with E-state index < -0.39 is 16.8 Å². The van der Waals surface area contributed by atoms with Crippen molar-refractivity contribution in [1.29, 1.82) is 0 Å². The Labute approximate surface area is 143 Å². The van der Waals surface area contributed by atoms with Crippen molar-refractivity contribution < 1.29 is 16.8 Å². The van der Waals surface area contributed by atoms with E-state index in [4.69, 9.17) is 0 Å². The number of fused-ring (bicyclic) bond motifs is 3. The van der Waals surface area contributed by atoms with Crippen LogP contribution in [0.25, 0.3) is 11.1 Å². The zero-order chi connectivity index (χ0) is 15.3. The molecule has 3 rings (SSSR count). The van der Waals surface area contributed by atoms with Gasteiger partial charge in [0.1, 0.15) is 0 Å². The molecule has 0 spiro atoms. The minimum absolute atomic E-state index is 0. The van der Waals surface area contributed by atoms with Crippen molar-refractivity contribution in [2.45, 2.75) is 41.0 Å². The Morgan fingerprint density at radius 3 is 1.64 bits per heavy atom. The Bertz CT molecular complexity index is 628. The van der Waals surface area contributed by atoms with Gasteiger partial charge in [-0.2, -0.15) is 0 Å². The maximum absolute atomic E-state index is 4.01. The molecule has 1 nitrogen and oxygen atoms in total. The van der Waals surface area contributed by atoms with E-state index in [1.165, 1.54) is 22.3 Å². The summed E-state index contributed by atoms with van der Waals surface area (Å²) in [6.45, 7) is 6.85. The van der Waals surface area contributed by atoms with Gasteiger partial charge in [-0.25, -0.2) is 0 Å². The Morgan fingerprint density at radius 2 is 1.23 bits per heavy atom. The van der Waals surface area contributed by atoms with Gasteiger partial charge >= 0.3 is 132 Å². The Balaban J connectivity index is 0.00000176. The minimum atomic E-state index is -2.24. The van der Waals surface area contributed by atoms with Crippen LogP contribution < -0.4 is 3.80 Å². The molecule has 0 radical (unpaired) electrons. The standard InChI is InChI=1S/C13H9.C4H10N.2CH3.H4Si.Ti/c1-3-7-12-10(5-1)9-11-6-2-4-8-13(11)12;1-4(2,3)5;;;;/h1-9H;5H,1-3H3;2*1H3;1H4;/q;-1;;;;+1. The summed E-state index contributed by atoms with van der Waals surface area (Å²) < 4.78 is 4.59. The van der Waals surface area contributed by atoms with Crippen LogP contribution in [0.3, 0.4) is 0 Å². The third-order valence-electron chi connectivity index (χ3n) is 4.25. The van der Waals surface area contributed by atoms with E-state index in [9.17, 15) is 0 Å². The summed E-state index contributed by atoms with van der Waals surface area (Å²) in [5.74, 6) is 0.